The minimum absolute atomic E-state index is 0.0330. The lowest BCUT2D eigenvalue weighted by Gasteiger charge is -2.36. The Morgan fingerprint density at radius 1 is 0.897 bits per heavy atom. The predicted molar refractivity (Wildman–Crippen MR) is 114 cm³/mol. The van der Waals surface area contributed by atoms with E-state index in [1.807, 2.05) is 53.4 Å². The SMILES string of the molecule is O=C(CCC(=O)N1CCOc2ccccc21)N1CCN(c2cccc(Cl)c2)CC1. The quantitative estimate of drug-likeness (QED) is 0.772. The van der Waals surface area contributed by atoms with E-state index in [0.29, 0.717) is 31.3 Å². The Kier molecular flexibility index (Phi) is 5.90. The molecule has 2 aromatic rings. The fourth-order valence-electron chi connectivity index (χ4n) is 3.82. The number of carbonyl (C=O) groups excluding carboxylic acids is 2. The van der Waals surface area contributed by atoms with Crippen molar-refractivity contribution in [1.29, 1.82) is 0 Å². The van der Waals surface area contributed by atoms with Gasteiger partial charge in [-0.25, -0.2) is 0 Å². The first-order valence-electron chi connectivity index (χ1n) is 9.92. The van der Waals surface area contributed by atoms with Crippen molar-refractivity contribution in [3.05, 3.63) is 53.6 Å². The van der Waals surface area contributed by atoms with Gasteiger partial charge >= 0.3 is 0 Å². The number of nitrogens with zero attached hydrogens (tertiary/aromatic N) is 3. The number of amides is 2. The first kappa shape index (κ1) is 19.6. The summed E-state index contributed by atoms with van der Waals surface area (Å²) >= 11 is 6.07. The monoisotopic (exact) mass is 413 g/mol. The number of hydrogen-bond donors (Lipinski definition) is 0. The molecule has 7 heteroatoms. The van der Waals surface area contributed by atoms with Crippen LogP contribution in [0.5, 0.6) is 5.75 Å². The smallest absolute Gasteiger partial charge is 0.227 e. The van der Waals surface area contributed by atoms with E-state index >= 15 is 0 Å². The van der Waals surface area contributed by atoms with E-state index in [9.17, 15) is 9.59 Å². The molecule has 0 radical (unpaired) electrons. The van der Waals surface area contributed by atoms with Crippen LogP contribution in [0.1, 0.15) is 12.8 Å². The third-order valence-electron chi connectivity index (χ3n) is 5.39. The van der Waals surface area contributed by atoms with Crippen LogP contribution in [-0.4, -0.2) is 56.0 Å². The zero-order valence-electron chi connectivity index (χ0n) is 16.2. The van der Waals surface area contributed by atoms with Crippen molar-refractivity contribution in [3.63, 3.8) is 0 Å². The lowest BCUT2D eigenvalue weighted by molar-refractivity contribution is -0.133. The Bertz CT molecular complexity index is 896. The van der Waals surface area contributed by atoms with Gasteiger partial charge < -0.3 is 19.4 Å². The highest BCUT2D eigenvalue weighted by Gasteiger charge is 2.26. The third kappa shape index (κ3) is 4.48. The molecule has 0 bridgehead atoms. The van der Waals surface area contributed by atoms with Crippen molar-refractivity contribution in [3.8, 4) is 5.75 Å². The summed E-state index contributed by atoms with van der Waals surface area (Å²) < 4.78 is 5.60. The number of fused-ring (bicyclic) bond motifs is 1. The van der Waals surface area contributed by atoms with E-state index in [4.69, 9.17) is 16.3 Å². The average molecular weight is 414 g/mol. The molecule has 1 fully saturated rings. The summed E-state index contributed by atoms with van der Waals surface area (Å²) in [6, 6.07) is 15.3. The van der Waals surface area contributed by atoms with Gasteiger partial charge in [-0.15, -0.1) is 0 Å². The minimum Gasteiger partial charge on any atom is -0.490 e. The summed E-state index contributed by atoms with van der Waals surface area (Å²) in [6.45, 7) is 3.82. The molecular weight excluding hydrogens is 390 g/mol. The molecule has 0 aliphatic carbocycles. The summed E-state index contributed by atoms with van der Waals surface area (Å²) in [6.07, 6.45) is 0.442. The Morgan fingerprint density at radius 3 is 2.45 bits per heavy atom. The Morgan fingerprint density at radius 2 is 1.66 bits per heavy atom. The second-order valence-electron chi connectivity index (χ2n) is 7.21. The number of anilines is 2. The molecule has 2 heterocycles. The van der Waals surface area contributed by atoms with Gasteiger partial charge in [-0.2, -0.15) is 0 Å². The number of rotatable bonds is 4. The molecule has 6 nitrogen and oxygen atoms in total. The van der Waals surface area contributed by atoms with Crippen LogP contribution >= 0.6 is 11.6 Å². The van der Waals surface area contributed by atoms with Crippen LogP contribution in [0, 0.1) is 0 Å². The number of carbonyl (C=O) groups is 2. The van der Waals surface area contributed by atoms with Crippen molar-refractivity contribution < 1.29 is 14.3 Å². The van der Waals surface area contributed by atoms with Gasteiger partial charge in [-0.05, 0) is 30.3 Å². The second-order valence-corrected chi connectivity index (χ2v) is 7.65. The standard InChI is InChI=1S/C22H24ClN3O3/c23-17-4-3-5-18(16-17)24-10-12-25(13-11-24)21(27)8-9-22(28)26-14-15-29-20-7-2-1-6-19(20)26/h1-7,16H,8-15H2. The van der Waals surface area contributed by atoms with E-state index in [2.05, 4.69) is 4.90 Å². The highest BCUT2D eigenvalue weighted by Crippen LogP contribution is 2.31. The molecule has 0 N–H and O–H groups in total. The Hall–Kier alpha value is -2.73. The average Bonchev–Trinajstić information content (AvgIpc) is 2.77. The molecule has 0 atom stereocenters. The number of para-hydroxylation sites is 2. The van der Waals surface area contributed by atoms with Crippen LogP contribution in [0.3, 0.4) is 0 Å². The van der Waals surface area contributed by atoms with E-state index in [0.717, 1.165) is 30.2 Å². The van der Waals surface area contributed by atoms with Gasteiger partial charge in [0.1, 0.15) is 12.4 Å². The highest BCUT2D eigenvalue weighted by molar-refractivity contribution is 6.30. The minimum atomic E-state index is -0.0355. The maximum absolute atomic E-state index is 12.7. The molecule has 0 unspecified atom stereocenters. The van der Waals surface area contributed by atoms with Crippen molar-refractivity contribution in [2.45, 2.75) is 12.8 Å². The Labute approximate surface area is 175 Å². The van der Waals surface area contributed by atoms with E-state index in [-0.39, 0.29) is 24.7 Å². The second kappa shape index (κ2) is 8.74. The largest absolute Gasteiger partial charge is 0.490 e. The highest BCUT2D eigenvalue weighted by atomic mass is 35.5. The van der Waals surface area contributed by atoms with Gasteiger partial charge in [0.15, 0.2) is 0 Å². The molecule has 29 heavy (non-hydrogen) atoms. The summed E-state index contributed by atoms with van der Waals surface area (Å²) in [5.74, 6) is 0.716. The summed E-state index contributed by atoms with van der Waals surface area (Å²) in [5.41, 5.74) is 1.86. The lowest BCUT2D eigenvalue weighted by Crippen LogP contribution is -2.49. The van der Waals surface area contributed by atoms with Gasteiger partial charge in [-0.3, -0.25) is 9.59 Å². The van der Waals surface area contributed by atoms with E-state index < -0.39 is 0 Å². The van der Waals surface area contributed by atoms with Crippen LogP contribution < -0.4 is 14.5 Å². The topological polar surface area (TPSA) is 53.1 Å². The summed E-state index contributed by atoms with van der Waals surface area (Å²) in [4.78, 5) is 31.1. The van der Waals surface area contributed by atoms with Crippen molar-refractivity contribution in [1.82, 2.24) is 4.90 Å². The molecule has 4 rings (SSSR count). The van der Waals surface area contributed by atoms with E-state index in [1.165, 1.54) is 0 Å². The van der Waals surface area contributed by atoms with Crippen LogP contribution in [0.15, 0.2) is 48.5 Å². The fraction of sp³-hybridized carbons (Fsp3) is 0.364. The number of halogens is 1. The predicted octanol–water partition coefficient (Wildman–Crippen LogP) is 3.19. The van der Waals surface area contributed by atoms with Crippen molar-refractivity contribution >= 4 is 34.8 Å². The van der Waals surface area contributed by atoms with Gasteiger partial charge in [0.2, 0.25) is 11.8 Å². The Balaban J connectivity index is 1.28. The molecule has 2 amide bonds. The number of piperazine rings is 1. The van der Waals surface area contributed by atoms with Gasteiger partial charge in [0.25, 0.3) is 0 Å². The fourth-order valence-corrected chi connectivity index (χ4v) is 4.01. The van der Waals surface area contributed by atoms with Crippen molar-refractivity contribution in [2.24, 2.45) is 0 Å². The summed E-state index contributed by atoms with van der Waals surface area (Å²) in [7, 11) is 0. The molecule has 0 spiro atoms. The molecular formula is C22H24ClN3O3. The normalized spacial score (nSPS) is 16.2. The zero-order valence-corrected chi connectivity index (χ0v) is 17.0. The first-order valence-corrected chi connectivity index (χ1v) is 10.3. The van der Waals surface area contributed by atoms with Crippen LogP contribution in [0.25, 0.3) is 0 Å². The third-order valence-corrected chi connectivity index (χ3v) is 5.62. The molecule has 2 aliphatic heterocycles. The molecule has 152 valence electrons. The summed E-state index contributed by atoms with van der Waals surface area (Å²) in [5, 5.41) is 0.712. The number of ether oxygens (including phenoxy) is 1. The maximum atomic E-state index is 12.7. The van der Waals surface area contributed by atoms with Crippen LogP contribution in [-0.2, 0) is 9.59 Å². The molecule has 2 aliphatic rings. The van der Waals surface area contributed by atoms with Gasteiger partial charge in [-0.1, -0.05) is 29.8 Å². The maximum Gasteiger partial charge on any atom is 0.227 e. The molecule has 2 aromatic carbocycles. The number of benzene rings is 2. The molecule has 0 saturated carbocycles. The van der Waals surface area contributed by atoms with Gasteiger partial charge in [0.05, 0.1) is 12.2 Å². The van der Waals surface area contributed by atoms with Crippen LogP contribution in [0.2, 0.25) is 5.02 Å². The molecule has 1 saturated heterocycles. The van der Waals surface area contributed by atoms with E-state index in [1.54, 1.807) is 4.90 Å². The van der Waals surface area contributed by atoms with Crippen LogP contribution in [0.4, 0.5) is 11.4 Å². The zero-order chi connectivity index (χ0) is 20.2. The van der Waals surface area contributed by atoms with Crippen molar-refractivity contribution in [2.75, 3.05) is 49.1 Å². The van der Waals surface area contributed by atoms with Gasteiger partial charge in [0, 0.05) is 49.7 Å². The first-order chi connectivity index (χ1) is 14.1. The molecule has 0 aromatic heterocycles. The number of hydrogen-bond acceptors (Lipinski definition) is 4. The lowest BCUT2D eigenvalue weighted by atomic mass is 10.2.